The first-order chi connectivity index (χ1) is 16.9. The minimum Gasteiger partial charge on any atom is -0.493 e. The van der Waals surface area contributed by atoms with Gasteiger partial charge in [-0.05, 0) is 39.0 Å². The Balaban J connectivity index is 1.48. The Morgan fingerprint density at radius 2 is 2.03 bits per heavy atom. The maximum absolute atomic E-state index is 14.7. The number of hydrogen-bond acceptors (Lipinski definition) is 6. The fourth-order valence-corrected chi connectivity index (χ4v) is 4.94. The molecule has 9 heteroatoms. The van der Waals surface area contributed by atoms with Gasteiger partial charge in [-0.1, -0.05) is 6.07 Å². The maximum Gasteiger partial charge on any atom is 0.275 e. The molecule has 0 bridgehead atoms. The van der Waals surface area contributed by atoms with Gasteiger partial charge < -0.3 is 15.0 Å². The largest absolute Gasteiger partial charge is 0.493 e. The molecule has 5 heterocycles. The molecule has 3 aromatic heterocycles. The molecular formula is C26H25FN6O2. The molecule has 0 fully saturated rings. The average Bonchev–Trinajstić information content (AvgIpc) is 3.48. The predicted molar refractivity (Wildman–Crippen MR) is 129 cm³/mol. The van der Waals surface area contributed by atoms with E-state index in [1.165, 1.54) is 6.07 Å². The van der Waals surface area contributed by atoms with E-state index in [1.807, 2.05) is 32.9 Å². The number of benzene rings is 1. The minimum absolute atomic E-state index is 0.0271. The lowest BCUT2D eigenvalue weighted by Crippen LogP contribution is -2.37. The highest BCUT2D eigenvalue weighted by atomic mass is 19.1. The van der Waals surface area contributed by atoms with Crippen LogP contribution in [0, 0.1) is 12.7 Å². The summed E-state index contributed by atoms with van der Waals surface area (Å²) in [6, 6.07) is 7.06. The summed E-state index contributed by atoms with van der Waals surface area (Å²) in [4.78, 5) is 29.2. The summed E-state index contributed by atoms with van der Waals surface area (Å²) < 4.78 is 22.0. The molecule has 0 spiro atoms. The smallest absolute Gasteiger partial charge is 0.275 e. The zero-order chi connectivity index (χ0) is 24.3. The van der Waals surface area contributed by atoms with Crippen LogP contribution in [0.25, 0.3) is 16.6 Å². The van der Waals surface area contributed by atoms with Gasteiger partial charge in [0.05, 0.1) is 24.4 Å². The third kappa shape index (κ3) is 3.41. The van der Waals surface area contributed by atoms with Gasteiger partial charge >= 0.3 is 0 Å². The van der Waals surface area contributed by atoms with Crippen molar-refractivity contribution < 1.29 is 13.9 Å². The number of fused-ring (bicyclic) bond motifs is 3. The van der Waals surface area contributed by atoms with Crippen molar-refractivity contribution in [2.75, 3.05) is 11.9 Å². The highest BCUT2D eigenvalue weighted by Crippen LogP contribution is 2.35. The normalized spacial score (nSPS) is 14.5. The number of amides is 1. The highest BCUT2D eigenvalue weighted by Gasteiger charge is 2.30. The van der Waals surface area contributed by atoms with Gasteiger partial charge in [-0.25, -0.2) is 14.4 Å². The van der Waals surface area contributed by atoms with Crippen molar-refractivity contribution in [1.29, 1.82) is 0 Å². The number of carbonyl (C=O) groups excluding carboxylic acids is 1. The number of rotatable bonds is 4. The number of nitrogens with one attached hydrogen (secondary N) is 1. The fourth-order valence-electron chi connectivity index (χ4n) is 4.94. The van der Waals surface area contributed by atoms with E-state index >= 15 is 0 Å². The first-order valence-corrected chi connectivity index (χ1v) is 11.7. The zero-order valence-corrected chi connectivity index (χ0v) is 19.8. The lowest BCUT2D eigenvalue weighted by atomic mass is 10.0. The summed E-state index contributed by atoms with van der Waals surface area (Å²) in [5.41, 5.74) is 5.89. The number of nitrogens with zero attached hydrogens (tertiary/aromatic N) is 5. The third-order valence-electron chi connectivity index (χ3n) is 6.74. The summed E-state index contributed by atoms with van der Waals surface area (Å²) in [6.07, 6.45) is 4.01. The number of pyridine rings is 1. The van der Waals surface area contributed by atoms with E-state index in [2.05, 4.69) is 15.3 Å². The Bertz CT molecular complexity index is 1500. The lowest BCUT2D eigenvalue weighted by molar-refractivity contribution is 0.0684. The topological polar surface area (TPSA) is 84.7 Å². The SMILES string of the molecule is Cc1ccc2c(n1)CN(C(C)C)C(=O)c1ncn3c(NCc4c(F)ccc5c4CCO5)ncc-2c13. The van der Waals surface area contributed by atoms with Crippen molar-refractivity contribution in [3.05, 3.63) is 70.8 Å². The molecule has 2 aliphatic heterocycles. The van der Waals surface area contributed by atoms with Crippen LogP contribution < -0.4 is 10.1 Å². The second-order valence-corrected chi connectivity index (χ2v) is 9.24. The molecular weight excluding hydrogens is 447 g/mol. The van der Waals surface area contributed by atoms with Crippen molar-refractivity contribution >= 4 is 17.4 Å². The van der Waals surface area contributed by atoms with Crippen LogP contribution in [0.4, 0.5) is 10.3 Å². The van der Waals surface area contributed by atoms with Gasteiger partial charge in [0.15, 0.2) is 5.69 Å². The van der Waals surface area contributed by atoms with Crippen LogP contribution in [0.1, 0.15) is 46.9 Å². The number of ether oxygens (including phenoxy) is 1. The Hall–Kier alpha value is -4.01. The quantitative estimate of drug-likeness (QED) is 0.480. The Morgan fingerprint density at radius 1 is 1.17 bits per heavy atom. The molecule has 0 saturated heterocycles. The van der Waals surface area contributed by atoms with Crippen LogP contribution in [0.15, 0.2) is 36.8 Å². The van der Waals surface area contributed by atoms with Crippen molar-refractivity contribution in [3.63, 3.8) is 0 Å². The molecule has 0 aliphatic carbocycles. The molecule has 2 aliphatic rings. The van der Waals surface area contributed by atoms with E-state index in [1.54, 1.807) is 27.9 Å². The van der Waals surface area contributed by atoms with Gasteiger partial charge in [0.2, 0.25) is 5.95 Å². The molecule has 6 rings (SSSR count). The van der Waals surface area contributed by atoms with Crippen molar-refractivity contribution in [2.24, 2.45) is 0 Å². The summed E-state index contributed by atoms with van der Waals surface area (Å²) in [7, 11) is 0. The van der Waals surface area contributed by atoms with Gasteiger partial charge in [0, 0.05) is 53.2 Å². The standard InChI is InChI=1S/C26H25FN6O2/c1-14(2)32-12-21-16(5-4-15(3)31-21)19-11-29-26(33-13-30-23(24(19)33)25(32)34)28-10-18-17-8-9-35-22(17)7-6-20(18)27/h4-7,11,13-14H,8-10,12H2,1-3H3,(H,28,29). The molecule has 178 valence electrons. The van der Waals surface area contributed by atoms with Crippen LogP contribution in [-0.4, -0.2) is 42.8 Å². The predicted octanol–water partition coefficient (Wildman–Crippen LogP) is 4.15. The second-order valence-electron chi connectivity index (χ2n) is 9.24. The maximum atomic E-state index is 14.7. The van der Waals surface area contributed by atoms with E-state index < -0.39 is 0 Å². The van der Waals surface area contributed by atoms with Crippen LogP contribution in [0.2, 0.25) is 0 Å². The molecule has 35 heavy (non-hydrogen) atoms. The molecule has 1 aromatic carbocycles. The van der Waals surface area contributed by atoms with E-state index in [0.717, 1.165) is 33.8 Å². The highest BCUT2D eigenvalue weighted by molar-refractivity contribution is 6.04. The third-order valence-corrected chi connectivity index (χ3v) is 6.74. The number of aryl methyl sites for hydroxylation is 1. The molecule has 0 atom stereocenters. The van der Waals surface area contributed by atoms with Crippen LogP contribution in [0.5, 0.6) is 5.75 Å². The van der Waals surface area contributed by atoms with Crippen molar-refractivity contribution in [3.8, 4) is 16.9 Å². The number of carbonyl (C=O) groups is 1. The molecule has 1 amide bonds. The number of aromatic nitrogens is 4. The summed E-state index contributed by atoms with van der Waals surface area (Å²) >= 11 is 0. The molecule has 0 radical (unpaired) electrons. The molecule has 4 aromatic rings. The van der Waals surface area contributed by atoms with Gasteiger partial charge in [-0.3, -0.25) is 14.2 Å². The zero-order valence-electron chi connectivity index (χ0n) is 19.8. The Labute approximate surface area is 201 Å². The van der Waals surface area contributed by atoms with Crippen LogP contribution in [0.3, 0.4) is 0 Å². The second kappa shape index (κ2) is 8.04. The monoisotopic (exact) mass is 472 g/mol. The Kier molecular flexibility index (Phi) is 4.94. The van der Waals surface area contributed by atoms with Crippen molar-refractivity contribution in [1.82, 2.24) is 24.3 Å². The molecule has 0 unspecified atom stereocenters. The average molecular weight is 473 g/mol. The van der Waals surface area contributed by atoms with E-state index in [9.17, 15) is 9.18 Å². The number of hydrogen-bond donors (Lipinski definition) is 1. The van der Waals surface area contributed by atoms with Crippen LogP contribution >= 0.6 is 0 Å². The number of imidazole rings is 1. The Morgan fingerprint density at radius 3 is 2.86 bits per heavy atom. The van der Waals surface area contributed by atoms with Gasteiger partial charge in [0.25, 0.3) is 5.91 Å². The summed E-state index contributed by atoms with van der Waals surface area (Å²) in [6.45, 7) is 7.09. The van der Waals surface area contributed by atoms with Gasteiger partial charge in [0.1, 0.15) is 17.9 Å². The van der Waals surface area contributed by atoms with Crippen molar-refractivity contribution in [2.45, 2.75) is 46.3 Å². The van der Waals surface area contributed by atoms with Gasteiger partial charge in [-0.2, -0.15) is 0 Å². The summed E-state index contributed by atoms with van der Waals surface area (Å²) in [5.74, 6) is 0.763. The van der Waals surface area contributed by atoms with E-state index in [0.29, 0.717) is 42.3 Å². The van der Waals surface area contributed by atoms with E-state index in [4.69, 9.17) is 9.72 Å². The first-order valence-electron chi connectivity index (χ1n) is 11.7. The first kappa shape index (κ1) is 21.5. The lowest BCUT2D eigenvalue weighted by Gasteiger charge is -2.29. The molecule has 0 saturated carbocycles. The molecule has 1 N–H and O–H groups in total. The fraction of sp³-hybridized carbons (Fsp3) is 0.308. The number of anilines is 1. The van der Waals surface area contributed by atoms with Gasteiger partial charge in [-0.15, -0.1) is 0 Å². The number of halogens is 1. The van der Waals surface area contributed by atoms with Crippen LogP contribution in [-0.2, 0) is 19.5 Å². The van der Waals surface area contributed by atoms with E-state index in [-0.39, 0.29) is 24.3 Å². The summed E-state index contributed by atoms with van der Waals surface area (Å²) in [5, 5.41) is 3.26. The molecule has 8 nitrogen and oxygen atoms in total. The minimum atomic E-state index is -0.284.